The number of pyridine rings is 1. The van der Waals surface area contributed by atoms with Crippen molar-refractivity contribution in [2.24, 2.45) is 0 Å². The smallest absolute Gasteiger partial charge is 0.175 e. The van der Waals surface area contributed by atoms with Gasteiger partial charge in [-0.15, -0.1) is 0 Å². The van der Waals surface area contributed by atoms with Crippen LogP contribution in [0.4, 0.5) is 10.1 Å². The molecule has 3 aromatic carbocycles. The van der Waals surface area contributed by atoms with Gasteiger partial charge in [0.15, 0.2) is 11.6 Å². The lowest BCUT2D eigenvalue weighted by molar-refractivity contribution is 0.434. The summed E-state index contributed by atoms with van der Waals surface area (Å²) < 4.78 is 14.3. The third-order valence-corrected chi connectivity index (χ3v) is 5.84. The molecule has 140 valence electrons. The number of anilines is 1. The number of hydrogen-bond donors (Lipinski definition) is 2. The van der Waals surface area contributed by atoms with Gasteiger partial charge in [-0.1, -0.05) is 58.0 Å². The fraction of sp³-hybridized carbons (Fsp3) is 0.0455. The predicted molar refractivity (Wildman–Crippen MR) is 115 cm³/mol. The van der Waals surface area contributed by atoms with Gasteiger partial charge in [0.25, 0.3) is 0 Å². The maximum Gasteiger partial charge on any atom is 0.175 e. The van der Waals surface area contributed by atoms with Crippen molar-refractivity contribution in [3.05, 3.63) is 88.8 Å². The summed E-state index contributed by atoms with van der Waals surface area (Å²) in [5, 5.41) is 14.2. The minimum absolute atomic E-state index is 0.349. The van der Waals surface area contributed by atoms with Crippen LogP contribution in [-0.4, -0.2) is 10.1 Å². The van der Waals surface area contributed by atoms with E-state index in [1.807, 2.05) is 36.4 Å². The van der Waals surface area contributed by atoms with E-state index in [4.69, 9.17) is 0 Å². The molecular weight excluding hydrogens is 439 g/mol. The molecule has 28 heavy (non-hydrogen) atoms. The number of phenols is 1. The van der Waals surface area contributed by atoms with Crippen LogP contribution in [0.5, 0.6) is 5.75 Å². The Labute approximate surface area is 174 Å². The lowest BCUT2D eigenvalue weighted by Gasteiger charge is -2.13. The summed E-state index contributed by atoms with van der Waals surface area (Å²) in [5.41, 5.74) is 2.35. The fourth-order valence-electron chi connectivity index (χ4n) is 2.88. The first-order valence-corrected chi connectivity index (χ1v) is 10.2. The zero-order chi connectivity index (χ0) is 19.5. The van der Waals surface area contributed by atoms with E-state index in [1.165, 1.54) is 6.07 Å². The second kappa shape index (κ2) is 8.20. The van der Waals surface area contributed by atoms with Crippen molar-refractivity contribution >= 4 is 44.3 Å². The number of aromatic nitrogens is 1. The number of halogens is 2. The molecular formula is C22H16BrFN2OS. The molecule has 0 aliphatic rings. The molecule has 0 amide bonds. The number of hydrogen-bond acceptors (Lipinski definition) is 4. The Morgan fingerprint density at radius 1 is 1.04 bits per heavy atom. The molecule has 0 bridgehead atoms. The normalized spacial score (nSPS) is 10.9. The van der Waals surface area contributed by atoms with Crippen molar-refractivity contribution < 1.29 is 9.50 Å². The molecule has 0 spiro atoms. The molecule has 2 N–H and O–H groups in total. The van der Waals surface area contributed by atoms with Crippen LogP contribution in [0.3, 0.4) is 0 Å². The van der Waals surface area contributed by atoms with Crippen molar-refractivity contribution in [3.8, 4) is 5.75 Å². The van der Waals surface area contributed by atoms with Gasteiger partial charge < -0.3 is 10.4 Å². The molecule has 0 aliphatic carbocycles. The van der Waals surface area contributed by atoms with Gasteiger partial charge >= 0.3 is 0 Å². The summed E-state index contributed by atoms with van der Waals surface area (Å²) >= 11 is 4.90. The highest BCUT2D eigenvalue weighted by atomic mass is 79.9. The van der Waals surface area contributed by atoms with Gasteiger partial charge in [-0.2, -0.15) is 0 Å². The second-order valence-corrected chi connectivity index (χ2v) is 8.24. The van der Waals surface area contributed by atoms with Gasteiger partial charge in [0.1, 0.15) is 0 Å². The van der Waals surface area contributed by atoms with E-state index in [-0.39, 0.29) is 5.75 Å². The third-order valence-electron chi connectivity index (χ3n) is 4.28. The summed E-state index contributed by atoms with van der Waals surface area (Å²) in [7, 11) is 0. The summed E-state index contributed by atoms with van der Waals surface area (Å²) in [6, 6.07) is 21.1. The highest BCUT2D eigenvalue weighted by molar-refractivity contribution is 9.10. The number of rotatable bonds is 5. The number of fused-ring (bicyclic) bond motifs is 1. The van der Waals surface area contributed by atoms with Crippen LogP contribution in [0, 0.1) is 5.82 Å². The van der Waals surface area contributed by atoms with E-state index >= 15 is 0 Å². The summed E-state index contributed by atoms with van der Waals surface area (Å²) in [4.78, 5) is 6.59. The van der Waals surface area contributed by atoms with Crippen LogP contribution >= 0.6 is 27.7 Å². The first-order valence-electron chi connectivity index (χ1n) is 8.62. The Morgan fingerprint density at radius 3 is 2.79 bits per heavy atom. The molecule has 1 heterocycles. The molecule has 0 atom stereocenters. The SMILES string of the molecule is Oc1c(F)cc(Br)cc1NCc1ccccc1Sc1ccc2cccnc2c1. The Hall–Kier alpha value is -2.57. The molecule has 6 heteroatoms. The molecule has 4 aromatic rings. The molecule has 4 rings (SSSR count). The van der Waals surface area contributed by atoms with E-state index in [1.54, 1.807) is 24.0 Å². The van der Waals surface area contributed by atoms with Gasteiger partial charge in [-0.05, 0) is 42.0 Å². The van der Waals surface area contributed by atoms with Crippen molar-refractivity contribution in [1.29, 1.82) is 0 Å². The quantitative estimate of drug-likeness (QED) is 0.333. The summed E-state index contributed by atoms with van der Waals surface area (Å²) in [6.07, 6.45) is 1.79. The molecule has 0 fully saturated rings. The third kappa shape index (κ3) is 4.13. The largest absolute Gasteiger partial charge is 0.503 e. The van der Waals surface area contributed by atoms with Gasteiger partial charge in [-0.3, -0.25) is 4.98 Å². The molecule has 0 saturated heterocycles. The second-order valence-electron chi connectivity index (χ2n) is 6.21. The summed E-state index contributed by atoms with van der Waals surface area (Å²) in [5.74, 6) is -1.04. The van der Waals surface area contributed by atoms with E-state index in [2.05, 4.69) is 44.4 Å². The van der Waals surface area contributed by atoms with Crippen LogP contribution in [0.1, 0.15) is 5.56 Å². The molecule has 0 radical (unpaired) electrons. The van der Waals surface area contributed by atoms with Crippen LogP contribution in [0.25, 0.3) is 10.9 Å². The van der Waals surface area contributed by atoms with Crippen molar-refractivity contribution in [3.63, 3.8) is 0 Å². The van der Waals surface area contributed by atoms with Crippen molar-refractivity contribution in [2.75, 3.05) is 5.32 Å². The number of nitrogens with one attached hydrogen (secondary N) is 1. The minimum Gasteiger partial charge on any atom is -0.503 e. The molecule has 0 unspecified atom stereocenters. The van der Waals surface area contributed by atoms with Crippen LogP contribution in [-0.2, 0) is 6.54 Å². The Balaban J connectivity index is 1.57. The standard InChI is InChI=1S/C22H16BrFN2OS/c23-16-10-18(24)22(27)20(11-16)26-13-15-4-1-2-6-21(15)28-17-8-7-14-5-3-9-25-19(14)12-17/h1-12,26-27H,13H2. The van der Waals surface area contributed by atoms with Gasteiger partial charge in [0, 0.05) is 32.4 Å². The first-order chi connectivity index (χ1) is 13.6. The number of benzene rings is 3. The van der Waals surface area contributed by atoms with Crippen molar-refractivity contribution in [1.82, 2.24) is 4.98 Å². The summed E-state index contributed by atoms with van der Waals surface area (Å²) in [6.45, 7) is 0.457. The Morgan fingerprint density at radius 2 is 1.89 bits per heavy atom. The Kier molecular flexibility index (Phi) is 5.50. The number of aromatic hydroxyl groups is 1. The van der Waals surface area contributed by atoms with Crippen LogP contribution in [0.2, 0.25) is 0 Å². The topological polar surface area (TPSA) is 45.1 Å². The average Bonchev–Trinajstić information content (AvgIpc) is 2.70. The van der Waals surface area contributed by atoms with Crippen LogP contribution in [0.15, 0.2) is 87.2 Å². The first kappa shape index (κ1) is 18.8. The van der Waals surface area contributed by atoms with E-state index in [9.17, 15) is 9.50 Å². The zero-order valence-corrected chi connectivity index (χ0v) is 17.1. The zero-order valence-electron chi connectivity index (χ0n) is 14.7. The molecule has 0 aliphatic heterocycles. The molecule has 3 nitrogen and oxygen atoms in total. The fourth-order valence-corrected chi connectivity index (χ4v) is 4.29. The highest BCUT2D eigenvalue weighted by Gasteiger charge is 2.10. The number of phenolic OH excluding ortho intramolecular Hbond substituents is 1. The lowest BCUT2D eigenvalue weighted by Crippen LogP contribution is -2.02. The van der Waals surface area contributed by atoms with E-state index < -0.39 is 5.82 Å². The maximum atomic E-state index is 13.7. The van der Waals surface area contributed by atoms with Gasteiger partial charge in [0.2, 0.25) is 0 Å². The monoisotopic (exact) mass is 454 g/mol. The molecule has 1 aromatic heterocycles. The average molecular weight is 455 g/mol. The van der Waals surface area contributed by atoms with E-state index in [0.717, 1.165) is 26.3 Å². The van der Waals surface area contributed by atoms with E-state index in [0.29, 0.717) is 16.7 Å². The molecule has 0 saturated carbocycles. The maximum absolute atomic E-state index is 13.7. The Bertz CT molecular complexity index is 1150. The highest BCUT2D eigenvalue weighted by Crippen LogP contribution is 2.34. The van der Waals surface area contributed by atoms with Crippen molar-refractivity contribution in [2.45, 2.75) is 16.3 Å². The van der Waals surface area contributed by atoms with Gasteiger partial charge in [0.05, 0.1) is 11.2 Å². The minimum atomic E-state index is -0.664. The predicted octanol–water partition coefficient (Wildman–Crippen LogP) is 6.61. The van der Waals surface area contributed by atoms with Gasteiger partial charge in [-0.25, -0.2) is 4.39 Å². The van der Waals surface area contributed by atoms with Crippen LogP contribution < -0.4 is 5.32 Å². The lowest BCUT2D eigenvalue weighted by atomic mass is 10.2. The number of nitrogens with zero attached hydrogens (tertiary/aromatic N) is 1.